The summed E-state index contributed by atoms with van der Waals surface area (Å²) in [5.74, 6) is 0. The number of nitrogens with zero attached hydrogens (tertiary/aromatic N) is 3. The molecule has 1 aliphatic rings. The summed E-state index contributed by atoms with van der Waals surface area (Å²) in [6, 6.07) is 8.11. The molecule has 0 unspecified atom stereocenters. The number of carboxylic acid groups (broad SMARTS) is 1. The van der Waals surface area contributed by atoms with Gasteiger partial charge in [0.25, 0.3) is 0 Å². The van der Waals surface area contributed by atoms with E-state index in [9.17, 15) is 4.79 Å². The van der Waals surface area contributed by atoms with Crippen molar-refractivity contribution in [3.63, 3.8) is 0 Å². The fourth-order valence-corrected chi connectivity index (χ4v) is 3.01. The molecule has 1 aromatic heterocycles. The van der Waals surface area contributed by atoms with Gasteiger partial charge in [0.05, 0.1) is 5.69 Å². The molecular weight excluding hydrogens is 288 g/mol. The summed E-state index contributed by atoms with van der Waals surface area (Å²) in [5, 5.41) is 11.5. The summed E-state index contributed by atoms with van der Waals surface area (Å²) in [6.45, 7) is 2.47. The lowest BCUT2D eigenvalue weighted by molar-refractivity contribution is 0.142. The van der Waals surface area contributed by atoms with Gasteiger partial charge in [0.15, 0.2) is 5.13 Å². The minimum absolute atomic E-state index is 0.531. The van der Waals surface area contributed by atoms with Crippen LogP contribution in [0, 0.1) is 0 Å². The molecule has 110 valence electrons. The van der Waals surface area contributed by atoms with E-state index in [4.69, 9.17) is 10.8 Å². The molecule has 21 heavy (non-hydrogen) atoms. The molecule has 3 rings (SSSR count). The standard InChI is InChI=1S/C14H16N4O2S/c15-13-16-12(9-21-13)10-2-1-3-11(8-10)17-4-6-18(7-5-17)14(19)20/h1-3,8-9H,4-7H2,(H2,15,16)(H,19,20). The van der Waals surface area contributed by atoms with Gasteiger partial charge in [0.2, 0.25) is 0 Å². The average molecular weight is 304 g/mol. The van der Waals surface area contributed by atoms with Gasteiger partial charge in [0.1, 0.15) is 0 Å². The number of piperazine rings is 1. The number of anilines is 2. The maximum atomic E-state index is 10.9. The molecule has 0 spiro atoms. The Labute approximate surface area is 126 Å². The number of carbonyl (C=O) groups is 1. The largest absolute Gasteiger partial charge is 0.465 e. The van der Waals surface area contributed by atoms with Crippen molar-refractivity contribution in [2.75, 3.05) is 36.8 Å². The Bertz CT molecular complexity index is 650. The molecule has 6 nitrogen and oxygen atoms in total. The van der Waals surface area contributed by atoms with Crippen LogP contribution < -0.4 is 10.6 Å². The Balaban J connectivity index is 1.76. The first-order chi connectivity index (χ1) is 10.1. The summed E-state index contributed by atoms with van der Waals surface area (Å²) in [6.07, 6.45) is -0.846. The number of thiazole rings is 1. The smallest absolute Gasteiger partial charge is 0.407 e. The van der Waals surface area contributed by atoms with Gasteiger partial charge in [0, 0.05) is 42.8 Å². The molecule has 1 fully saturated rings. The molecular formula is C14H16N4O2S. The summed E-state index contributed by atoms with van der Waals surface area (Å²) >= 11 is 1.43. The fourth-order valence-electron chi connectivity index (χ4n) is 2.44. The molecule has 7 heteroatoms. The van der Waals surface area contributed by atoms with E-state index < -0.39 is 6.09 Å². The van der Waals surface area contributed by atoms with E-state index >= 15 is 0 Å². The topological polar surface area (TPSA) is 82.7 Å². The average Bonchev–Trinajstić information content (AvgIpc) is 2.94. The first-order valence-corrected chi connectivity index (χ1v) is 7.56. The third-order valence-corrected chi connectivity index (χ3v) is 4.25. The third kappa shape index (κ3) is 2.92. The van der Waals surface area contributed by atoms with Crippen LogP contribution in [-0.2, 0) is 0 Å². The second-order valence-corrected chi connectivity index (χ2v) is 5.77. The zero-order valence-electron chi connectivity index (χ0n) is 11.4. The number of amides is 1. The van der Waals surface area contributed by atoms with E-state index in [-0.39, 0.29) is 0 Å². The maximum absolute atomic E-state index is 10.9. The van der Waals surface area contributed by atoms with Gasteiger partial charge < -0.3 is 20.6 Å². The van der Waals surface area contributed by atoms with Crippen molar-refractivity contribution in [2.24, 2.45) is 0 Å². The predicted octanol–water partition coefficient (Wildman–Crippen LogP) is 2.19. The van der Waals surface area contributed by atoms with Crippen LogP contribution in [0.2, 0.25) is 0 Å². The van der Waals surface area contributed by atoms with Gasteiger partial charge in [-0.1, -0.05) is 12.1 Å². The van der Waals surface area contributed by atoms with E-state index in [1.807, 2.05) is 23.6 Å². The highest BCUT2D eigenvalue weighted by atomic mass is 32.1. The van der Waals surface area contributed by atoms with Crippen molar-refractivity contribution in [1.29, 1.82) is 0 Å². The molecule has 0 radical (unpaired) electrons. The first kappa shape index (κ1) is 13.7. The van der Waals surface area contributed by atoms with E-state index in [1.54, 1.807) is 0 Å². The lowest BCUT2D eigenvalue weighted by atomic mass is 10.1. The predicted molar refractivity (Wildman–Crippen MR) is 83.8 cm³/mol. The molecule has 0 atom stereocenters. The van der Waals surface area contributed by atoms with E-state index in [0.29, 0.717) is 31.3 Å². The highest BCUT2D eigenvalue weighted by Gasteiger charge is 2.20. The molecule has 2 aromatic rings. The van der Waals surface area contributed by atoms with E-state index in [2.05, 4.69) is 16.0 Å². The molecule has 2 heterocycles. The molecule has 3 N–H and O–H groups in total. The van der Waals surface area contributed by atoms with Crippen LogP contribution in [0.15, 0.2) is 29.6 Å². The summed E-state index contributed by atoms with van der Waals surface area (Å²) in [4.78, 5) is 18.9. The summed E-state index contributed by atoms with van der Waals surface area (Å²) in [7, 11) is 0. The van der Waals surface area contributed by atoms with Crippen molar-refractivity contribution < 1.29 is 9.90 Å². The Morgan fingerprint density at radius 3 is 2.67 bits per heavy atom. The molecule has 1 aliphatic heterocycles. The zero-order valence-corrected chi connectivity index (χ0v) is 12.2. The van der Waals surface area contributed by atoms with Crippen LogP contribution in [0.5, 0.6) is 0 Å². The number of hydrogen-bond donors (Lipinski definition) is 2. The van der Waals surface area contributed by atoms with E-state index in [0.717, 1.165) is 16.9 Å². The van der Waals surface area contributed by atoms with Gasteiger partial charge in [-0.2, -0.15) is 0 Å². The maximum Gasteiger partial charge on any atom is 0.407 e. The Morgan fingerprint density at radius 1 is 1.29 bits per heavy atom. The second-order valence-electron chi connectivity index (χ2n) is 4.88. The van der Waals surface area contributed by atoms with Gasteiger partial charge >= 0.3 is 6.09 Å². The van der Waals surface area contributed by atoms with Gasteiger partial charge in [-0.25, -0.2) is 9.78 Å². The Kier molecular flexibility index (Phi) is 3.66. The van der Waals surface area contributed by atoms with Crippen LogP contribution in [0.4, 0.5) is 15.6 Å². The minimum atomic E-state index is -0.846. The lowest BCUT2D eigenvalue weighted by Crippen LogP contribution is -2.48. The monoisotopic (exact) mass is 304 g/mol. The normalized spacial score (nSPS) is 15.2. The number of aromatic nitrogens is 1. The lowest BCUT2D eigenvalue weighted by Gasteiger charge is -2.34. The number of nitrogens with two attached hydrogens (primary N) is 1. The quantitative estimate of drug-likeness (QED) is 0.888. The van der Waals surface area contributed by atoms with Crippen molar-refractivity contribution in [3.05, 3.63) is 29.6 Å². The summed E-state index contributed by atoms with van der Waals surface area (Å²) in [5.41, 5.74) is 8.67. The zero-order chi connectivity index (χ0) is 14.8. The van der Waals surface area contributed by atoms with Crippen LogP contribution in [0.1, 0.15) is 0 Å². The molecule has 1 aromatic carbocycles. The summed E-state index contributed by atoms with van der Waals surface area (Å²) < 4.78 is 0. The molecule has 1 amide bonds. The molecule has 0 bridgehead atoms. The highest BCUT2D eigenvalue weighted by molar-refractivity contribution is 7.13. The van der Waals surface area contributed by atoms with E-state index in [1.165, 1.54) is 16.2 Å². The second kappa shape index (κ2) is 5.61. The Hall–Kier alpha value is -2.28. The molecule has 1 saturated heterocycles. The Morgan fingerprint density at radius 2 is 2.05 bits per heavy atom. The van der Waals surface area contributed by atoms with Crippen molar-refractivity contribution >= 4 is 28.2 Å². The van der Waals surface area contributed by atoms with Crippen LogP contribution in [-0.4, -0.2) is 47.3 Å². The van der Waals surface area contributed by atoms with Gasteiger partial charge in [-0.05, 0) is 12.1 Å². The molecule has 0 saturated carbocycles. The fraction of sp³-hybridized carbons (Fsp3) is 0.286. The van der Waals surface area contributed by atoms with Crippen molar-refractivity contribution in [1.82, 2.24) is 9.88 Å². The van der Waals surface area contributed by atoms with Crippen LogP contribution in [0.3, 0.4) is 0 Å². The third-order valence-electron chi connectivity index (χ3n) is 3.58. The minimum Gasteiger partial charge on any atom is -0.465 e. The number of nitrogen functional groups attached to an aromatic ring is 1. The first-order valence-electron chi connectivity index (χ1n) is 6.68. The van der Waals surface area contributed by atoms with Crippen molar-refractivity contribution in [2.45, 2.75) is 0 Å². The number of rotatable bonds is 2. The van der Waals surface area contributed by atoms with Crippen LogP contribution in [0.25, 0.3) is 11.3 Å². The van der Waals surface area contributed by atoms with Gasteiger partial charge in [-0.3, -0.25) is 0 Å². The van der Waals surface area contributed by atoms with Gasteiger partial charge in [-0.15, -0.1) is 11.3 Å². The molecule has 0 aliphatic carbocycles. The SMILES string of the molecule is Nc1nc(-c2cccc(N3CCN(C(=O)O)CC3)c2)cs1. The highest BCUT2D eigenvalue weighted by Crippen LogP contribution is 2.27. The number of benzene rings is 1. The number of hydrogen-bond acceptors (Lipinski definition) is 5. The van der Waals surface area contributed by atoms with Crippen LogP contribution >= 0.6 is 11.3 Å². The van der Waals surface area contributed by atoms with Crippen molar-refractivity contribution in [3.8, 4) is 11.3 Å².